The second kappa shape index (κ2) is 3.33. The number of hydrogen-bond acceptors (Lipinski definition) is 3. The highest BCUT2D eigenvalue weighted by molar-refractivity contribution is 5.74. The van der Waals surface area contributed by atoms with Crippen LogP contribution in [0.3, 0.4) is 0 Å². The van der Waals surface area contributed by atoms with Gasteiger partial charge in [0, 0.05) is 6.08 Å². The smallest absolute Gasteiger partial charge is 0.274 e. The van der Waals surface area contributed by atoms with Crippen LogP contribution in [0.5, 0.6) is 0 Å². The normalized spacial score (nSPS) is 11.1. The molecule has 0 bridgehead atoms. The summed E-state index contributed by atoms with van der Waals surface area (Å²) in [4.78, 5) is 18.1. The average Bonchev–Trinajstić information content (AvgIpc) is 2.19. The summed E-state index contributed by atoms with van der Waals surface area (Å²) in [5.41, 5.74) is 1.27. The number of nitrogens with zero attached hydrogens (tertiary/aromatic N) is 1. The number of aromatic nitrogens is 2. The van der Waals surface area contributed by atoms with Gasteiger partial charge in [-0.05, 0) is 12.1 Å². The van der Waals surface area contributed by atoms with E-state index in [1.807, 2.05) is 12.1 Å². The molecule has 70 valence electrons. The Kier molecular flexibility index (Phi) is 2.02. The Morgan fingerprint density at radius 1 is 1.36 bits per heavy atom. The molecule has 0 saturated heterocycles. The first kappa shape index (κ1) is 8.50. The van der Waals surface area contributed by atoms with Crippen molar-refractivity contribution in [3.8, 4) is 0 Å². The zero-order chi connectivity index (χ0) is 9.97. The Hall–Kier alpha value is -2.10. The minimum absolute atomic E-state index is 0.200. The predicted octanol–water partition coefficient (Wildman–Crippen LogP) is 1.45. The van der Waals surface area contributed by atoms with Gasteiger partial charge in [-0.15, -0.1) is 0 Å². The lowest BCUT2D eigenvalue weighted by molar-refractivity contribution is 0.478. The van der Waals surface area contributed by atoms with Crippen molar-refractivity contribution in [1.29, 1.82) is 0 Å². The maximum atomic E-state index is 11.3. The fraction of sp³-hybridized carbons (Fsp3) is 0. The van der Waals surface area contributed by atoms with Gasteiger partial charge in [-0.3, -0.25) is 4.79 Å². The molecule has 0 aliphatic heterocycles. The van der Waals surface area contributed by atoms with E-state index in [-0.39, 0.29) is 11.3 Å². The quantitative estimate of drug-likeness (QED) is 0.665. The molecule has 0 spiro atoms. The van der Waals surface area contributed by atoms with Gasteiger partial charge >= 0.3 is 0 Å². The molecular weight excluding hydrogens is 180 g/mol. The molecule has 1 heterocycles. The van der Waals surface area contributed by atoms with Gasteiger partial charge in [-0.2, -0.15) is 0 Å². The summed E-state index contributed by atoms with van der Waals surface area (Å²) in [6.07, 6.45) is 2.05. The third-order valence-corrected chi connectivity index (χ3v) is 1.86. The van der Waals surface area contributed by atoms with Gasteiger partial charge in [0.1, 0.15) is 5.69 Å². The molecule has 4 nitrogen and oxygen atoms in total. The Balaban J connectivity index is 2.77. The van der Waals surface area contributed by atoms with E-state index in [1.54, 1.807) is 12.1 Å². The van der Waals surface area contributed by atoms with Gasteiger partial charge in [0.05, 0.1) is 17.3 Å². The maximum Gasteiger partial charge on any atom is 0.274 e. The molecule has 2 rings (SSSR count). The zero-order valence-electron chi connectivity index (χ0n) is 7.27. The fourth-order valence-corrected chi connectivity index (χ4v) is 1.23. The summed E-state index contributed by atoms with van der Waals surface area (Å²) in [5.74, 6) is 0. The summed E-state index contributed by atoms with van der Waals surface area (Å²) >= 11 is 0. The second-order valence-electron chi connectivity index (χ2n) is 2.78. The van der Waals surface area contributed by atoms with Crippen LogP contribution in [-0.2, 0) is 0 Å². The average molecular weight is 188 g/mol. The summed E-state index contributed by atoms with van der Waals surface area (Å²) < 4.78 is 0. The molecule has 0 unspecified atom stereocenters. The Labute approximate surface area is 79.5 Å². The van der Waals surface area contributed by atoms with Crippen LogP contribution >= 0.6 is 0 Å². The topological polar surface area (TPSA) is 66.0 Å². The maximum absolute atomic E-state index is 11.3. The van der Waals surface area contributed by atoms with E-state index in [2.05, 4.69) is 9.97 Å². The standard InChI is InChI=1S/C10H8N2O2/c13-6-5-9-10(14)12-8-4-2-1-3-7(8)11-9/h1-6,13H,(H,12,14)/b6-5+. The summed E-state index contributed by atoms with van der Waals surface area (Å²) in [6, 6.07) is 7.22. The molecule has 1 aromatic heterocycles. The summed E-state index contributed by atoms with van der Waals surface area (Å²) in [5, 5.41) is 8.54. The number of para-hydroxylation sites is 2. The highest BCUT2D eigenvalue weighted by Crippen LogP contribution is 2.06. The van der Waals surface area contributed by atoms with Crippen LogP contribution in [0.15, 0.2) is 35.3 Å². The van der Waals surface area contributed by atoms with Crippen molar-refractivity contribution in [2.24, 2.45) is 0 Å². The Morgan fingerprint density at radius 3 is 2.93 bits per heavy atom. The van der Waals surface area contributed by atoms with E-state index in [0.29, 0.717) is 11.0 Å². The van der Waals surface area contributed by atoms with Gasteiger partial charge in [0.2, 0.25) is 0 Å². The van der Waals surface area contributed by atoms with Crippen LogP contribution in [-0.4, -0.2) is 15.1 Å². The number of hydrogen-bond donors (Lipinski definition) is 2. The minimum Gasteiger partial charge on any atom is -0.516 e. The SMILES string of the molecule is O=c1[nH]c2ccccc2nc1/C=C/O. The summed E-state index contributed by atoms with van der Waals surface area (Å²) in [7, 11) is 0. The number of benzene rings is 1. The third-order valence-electron chi connectivity index (χ3n) is 1.86. The molecule has 0 aliphatic rings. The third kappa shape index (κ3) is 1.37. The largest absolute Gasteiger partial charge is 0.516 e. The van der Waals surface area contributed by atoms with Crippen molar-refractivity contribution in [2.75, 3.05) is 0 Å². The lowest BCUT2D eigenvalue weighted by Gasteiger charge is -1.97. The number of aliphatic hydroxyl groups excluding tert-OH is 1. The number of aromatic amines is 1. The molecule has 14 heavy (non-hydrogen) atoms. The molecule has 0 amide bonds. The van der Waals surface area contributed by atoms with E-state index in [4.69, 9.17) is 5.11 Å². The van der Waals surface area contributed by atoms with Crippen LogP contribution < -0.4 is 5.56 Å². The fourth-order valence-electron chi connectivity index (χ4n) is 1.23. The van der Waals surface area contributed by atoms with Gasteiger partial charge in [-0.25, -0.2) is 4.98 Å². The van der Waals surface area contributed by atoms with E-state index >= 15 is 0 Å². The highest BCUT2D eigenvalue weighted by atomic mass is 16.2. The van der Waals surface area contributed by atoms with Gasteiger partial charge in [-0.1, -0.05) is 12.1 Å². The molecule has 0 fully saturated rings. The van der Waals surface area contributed by atoms with E-state index < -0.39 is 0 Å². The highest BCUT2D eigenvalue weighted by Gasteiger charge is 1.99. The lowest BCUT2D eigenvalue weighted by Crippen LogP contribution is -2.11. The van der Waals surface area contributed by atoms with Crippen molar-refractivity contribution in [3.63, 3.8) is 0 Å². The second-order valence-corrected chi connectivity index (χ2v) is 2.78. The lowest BCUT2D eigenvalue weighted by atomic mass is 10.3. The monoisotopic (exact) mass is 188 g/mol. The molecule has 2 aromatic rings. The van der Waals surface area contributed by atoms with E-state index in [9.17, 15) is 4.79 Å². The number of H-pyrrole nitrogens is 1. The first-order chi connectivity index (χ1) is 6.81. The molecule has 0 saturated carbocycles. The summed E-state index contributed by atoms with van der Waals surface area (Å²) in [6.45, 7) is 0. The number of rotatable bonds is 1. The number of aliphatic hydroxyl groups is 1. The molecule has 2 N–H and O–H groups in total. The molecule has 0 aliphatic carbocycles. The van der Waals surface area contributed by atoms with E-state index in [1.165, 1.54) is 6.08 Å². The van der Waals surface area contributed by atoms with Crippen molar-refractivity contribution in [1.82, 2.24) is 9.97 Å². The van der Waals surface area contributed by atoms with Gasteiger partial charge in [0.25, 0.3) is 5.56 Å². The van der Waals surface area contributed by atoms with Crippen LogP contribution in [0.25, 0.3) is 17.1 Å². The van der Waals surface area contributed by atoms with Crippen molar-refractivity contribution >= 4 is 17.1 Å². The van der Waals surface area contributed by atoms with Crippen LogP contribution in [0.1, 0.15) is 5.69 Å². The van der Waals surface area contributed by atoms with Gasteiger partial charge < -0.3 is 10.1 Å². The van der Waals surface area contributed by atoms with Crippen LogP contribution in [0.2, 0.25) is 0 Å². The van der Waals surface area contributed by atoms with Gasteiger partial charge in [0.15, 0.2) is 0 Å². The van der Waals surface area contributed by atoms with Crippen molar-refractivity contribution in [3.05, 3.63) is 46.6 Å². The zero-order valence-corrected chi connectivity index (χ0v) is 7.27. The minimum atomic E-state index is -0.311. The number of nitrogens with one attached hydrogen (secondary N) is 1. The molecular formula is C10H8N2O2. The number of fused-ring (bicyclic) bond motifs is 1. The van der Waals surface area contributed by atoms with Crippen molar-refractivity contribution < 1.29 is 5.11 Å². The van der Waals surface area contributed by atoms with Crippen LogP contribution in [0.4, 0.5) is 0 Å². The predicted molar refractivity (Wildman–Crippen MR) is 54.0 cm³/mol. The van der Waals surface area contributed by atoms with Crippen LogP contribution in [0, 0.1) is 0 Å². The first-order valence-corrected chi connectivity index (χ1v) is 4.11. The molecule has 0 radical (unpaired) electrons. The molecule has 4 heteroatoms. The molecule has 0 atom stereocenters. The van der Waals surface area contributed by atoms with Crippen molar-refractivity contribution in [2.45, 2.75) is 0 Å². The Morgan fingerprint density at radius 2 is 2.14 bits per heavy atom. The molecule has 1 aromatic carbocycles. The van der Waals surface area contributed by atoms with E-state index in [0.717, 1.165) is 6.26 Å². The first-order valence-electron chi connectivity index (χ1n) is 4.11. The Bertz CT molecular complexity index is 543.